The smallest absolute Gasteiger partial charge is 0.161 e. The fraction of sp³-hybridized carbons (Fsp3) is 1.00. The lowest BCUT2D eigenvalue weighted by Gasteiger charge is -2.46. The highest BCUT2D eigenvalue weighted by molar-refractivity contribution is 7.99. The van der Waals surface area contributed by atoms with Crippen LogP contribution in [0.15, 0.2) is 0 Å². The first-order chi connectivity index (χ1) is 11.3. The Bertz CT molecular complexity index is 333. The molecule has 5 atom stereocenters. The number of thioether (sulfide) groups is 1. The average Bonchev–Trinajstić information content (AvgIpc) is 2.47. The molecule has 4 heteroatoms. The van der Waals surface area contributed by atoms with E-state index >= 15 is 0 Å². The van der Waals surface area contributed by atoms with Crippen molar-refractivity contribution in [3.63, 3.8) is 0 Å². The van der Waals surface area contributed by atoms with Crippen LogP contribution in [0.2, 0.25) is 0 Å². The van der Waals surface area contributed by atoms with Crippen LogP contribution in [0.3, 0.4) is 0 Å². The SMILES string of the molecule is CCC1O[C@H](OC(C)C)C(CCCSC(C)C)C(C)[C@@H]1OC(C)C. The highest BCUT2D eigenvalue weighted by Gasteiger charge is 2.44. The molecule has 0 N–H and O–H groups in total. The molecule has 0 aromatic carbocycles. The zero-order valence-corrected chi connectivity index (χ0v) is 17.9. The van der Waals surface area contributed by atoms with E-state index in [1.165, 1.54) is 12.2 Å². The van der Waals surface area contributed by atoms with Gasteiger partial charge in [-0.25, -0.2) is 0 Å². The van der Waals surface area contributed by atoms with Crippen molar-refractivity contribution >= 4 is 11.8 Å². The maximum absolute atomic E-state index is 6.37. The fourth-order valence-electron chi connectivity index (χ4n) is 3.47. The molecule has 0 aromatic heterocycles. The third kappa shape index (κ3) is 7.23. The van der Waals surface area contributed by atoms with Crippen LogP contribution in [-0.2, 0) is 14.2 Å². The van der Waals surface area contributed by atoms with Gasteiger partial charge in [0.25, 0.3) is 0 Å². The minimum absolute atomic E-state index is 0.0963. The van der Waals surface area contributed by atoms with E-state index in [0.717, 1.165) is 12.8 Å². The lowest BCUT2D eigenvalue weighted by Crippen LogP contribution is -2.53. The predicted octanol–water partition coefficient (Wildman–Crippen LogP) is 5.51. The Kier molecular flexibility index (Phi) is 10.3. The van der Waals surface area contributed by atoms with Crippen LogP contribution < -0.4 is 0 Å². The van der Waals surface area contributed by atoms with Gasteiger partial charge in [-0.05, 0) is 63.9 Å². The van der Waals surface area contributed by atoms with Gasteiger partial charge in [0, 0.05) is 5.92 Å². The van der Waals surface area contributed by atoms with Crippen molar-refractivity contribution in [2.75, 3.05) is 5.75 Å². The normalized spacial score (nSPS) is 31.4. The van der Waals surface area contributed by atoms with E-state index in [0.29, 0.717) is 17.1 Å². The molecule has 0 amide bonds. The first kappa shape index (κ1) is 22.3. The molecule has 1 aliphatic rings. The second-order valence-corrected chi connectivity index (χ2v) is 9.55. The third-order valence-electron chi connectivity index (χ3n) is 4.59. The monoisotopic (exact) mass is 360 g/mol. The van der Waals surface area contributed by atoms with Crippen LogP contribution in [0.5, 0.6) is 0 Å². The highest BCUT2D eigenvalue weighted by Crippen LogP contribution is 2.38. The molecule has 1 aliphatic heterocycles. The molecular weight excluding hydrogens is 320 g/mol. The minimum atomic E-state index is -0.0963. The highest BCUT2D eigenvalue weighted by atomic mass is 32.2. The standard InChI is InChI=1S/C20H40O3S/c1-9-18-19(21-13(2)3)16(8)17(11-10-12-24-15(6)7)20(23-18)22-14(4)5/h13-20H,9-12H2,1-8H3/t16?,17?,18?,19-,20-/m0/s1. The lowest BCUT2D eigenvalue weighted by molar-refractivity contribution is -0.288. The second kappa shape index (κ2) is 11.1. The van der Waals surface area contributed by atoms with E-state index < -0.39 is 0 Å². The quantitative estimate of drug-likeness (QED) is 0.480. The zero-order chi connectivity index (χ0) is 18.3. The van der Waals surface area contributed by atoms with Gasteiger partial charge in [-0.3, -0.25) is 0 Å². The fourth-order valence-corrected chi connectivity index (χ4v) is 4.28. The van der Waals surface area contributed by atoms with Crippen molar-refractivity contribution in [3.05, 3.63) is 0 Å². The van der Waals surface area contributed by atoms with E-state index in [1.54, 1.807) is 0 Å². The summed E-state index contributed by atoms with van der Waals surface area (Å²) >= 11 is 2.04. The van der Waals surface area contributed by atoms with Gasteiger partial charge in [-0.2, -0.15) is 11.8 Å². The average molecular weight is 361 g/mol. The van der Waals surface area contributed by atoms with Crippen LogP contribution in [-0.4, -0.2) is 41.7 Å². The van der Waals surface area contributed by atoms with E-state index in [1.807, 2.05) is 11.8 Å². The van der Waals surface area contributed by atoms with E-state index in [4.69, 9.17) is 14.2 Å². The molecule has 1 saturated heterocycles. The summed E-state index contributed by atoms with van der Waals surface area (Å²) in [5.41, 5.74) is 0. The Labute approximate surface area is 154 Å². The molecule has 1 fully saturated rings. The molecule has 0 spiro atoms. The predicted molar refractivity (Wildman–Crippen MR) is 105 cm³/mol. The van der Waals surface area contributed by atoms with Gasteiger partial charge in [-0.15, -0.1) is 0 Å². The molecule has 24 heavy (non-hydrogen) atoms. The molecule has 0 aliphatic carbocycles. The Morgan fingerprint density at radius 1 is 1.00 bits per heavy atom. The topological polar surface area (TPSA) is 27.7 Å². The first-order valence-electron chi connectivity index (χ1n) is 9.84. The minimum Gasteiger partial charge on any atom is -0.373 e. The number of rotatable bonds is 10. The van der Waals surface area contributed by atoms with Gasteiger partial charge in [0.05, 0.1) is 24.4 Å². The summed E-state index contributed by atoms with van der Waals surface area (Å²) in [6.07, 6.45) is 3.95. The Morgan fingerprint density at radius 2 is 1.62 bits per heavy atom. The van der Waals surface area contributed by atoms with Gasteiger partial charge in [0.1, 0.15) is 0 Å². The van der Waals surface area contributed by atoms with Gasteiger partial charge in [0.2, 0.25) is 0 Å². The molecule has 3 nitrogen and oxygen atoms in total. The van der Waals surface area contributed by atoms with Gasteiger partial charge in [0.15, 0.2) is 6.29 Å². The van der Waals surface area contributed by atoms with E-state index in [-0.39, 0.29) is 30.7 Å². The van der Waals surface area contributed by atoms with Crippen molar-refractivity contribution in [3.8, 4) is 0 Å². The van der Waals surface area contributed by atoms with E-state index in [2.05, 4.69) is 55.4 Å². The van der Waals surface area contributed by atoms with Gasteiger partial charge < -0.3 is 14.2 Å². The maximum Gasteiger partial charge on any atom is 0.161 e. The Morgan fingerprint density at radius 3 is 2.12 bits per heavy atom. The molecule has 144 valence electrons. The molecular formula is C20H40O3S. The number of hydrogen-bond donors (Lipinski definition) is 0. The Balaban J connectivity index is 2.77. The first-order valence-corrected chi connectivity index (χ1v) is 10.9. The second-order valence-electron chi connectivity index (χ2n) is 7.87. The van der Waals surface area contributed by atoms with Crippen LogP contribution in [0, 0.1) is 11.8 Å². The van der Waals surface area contributed by atoms with Crippen molar-refractivity contribution in [2.24, 2.45) is 11.8 Å². The summed E-state index contributed by atoms with van der Waals surface area (Å²) in [5.74, 6) is 2.08. The summed E-state index contributed by atoms with van der Waals surface area (Å²) in [6, 6.07) is 0. The zero-order valence-electron chi connectivity index (χ0n) is 17.1. The molecule has 0 radical (unpaired) electrons. The van der Waals surface area contributed by atoms with Gasteiger partial charge in [-0.1, -0.05) is 27.7 Å². The number of hydrogen-bond acceptors (Lipinski definition) is 4. The van der Waals surface area contributed by atoms with Crippen molar-refractivity contribution in [1.29, 1.82) is 0 Å². The molecule has 1 heterocycles. The van der Waals surface area contributed by atoms with Crippen molar-refractivity contribution < 1.29 is 14.2 Å². The number of ether oxygens (including phenoxy) is 3. The lowest BCUT2D eigenvalue weighted by atomic mass is 9.80. The molecule has 0 bridgehead atoms. The van der Waals surface area contributed by atoms with Crippen LogP contribution in [0.1, 0.15) is 74.7 Å². The van der Waals surface area contributed by atoms with Crippen molar-refractivity contribution in [2.45, 2.75) is 111 Å². The molecule has 0 aromatic rings. The largest absolute Gasteiger partial charge is 0.373 e. The summed E-state index contributed by atoms with van der Waals surface area (Å²) in [4.78, 5) is 0. The summed E-state index contributed by atoms with van der Waals surface area (Å²) in [7, 11) is 0. The van der Waals surface area contributed by atoms with Crippen molar-refractivity contribution in [1.82, 2.24) is 0 Å². The Hall–Kier alpha value is 0.230. The molecule has 3 unspecified atom stereocenters. The maximum atomic E-state index is 6.37. The third-order valence-corrected chi connectivity index (χ3v) is 5.78. The summed E-state index contributed by atoms with van der Waals surface area (Å²) < 4.78 is 18.8. The van der Waals surface area contributed by atoms with Crippen LogP contribution >= 0.6 is 11.8 Å². The molecule has 1 rings (SSSR count). The molecule has 0 saturated carbocycles. The van der Waals surface area contributed by atoms with Gasteiger partial charge >= 0.3 is 0 Å². The summed E-state index contributed by atoms with van der Waals surface area (Å²) in [6.45, 7) is 17.5. The van der Waals surface area contributed by atoms with E-state index in [9.17, 15) is 0 Å². The summed E-state index contributed by atoms with van der Waals surface area (Å²) in [5, 5.41) is 0.703. The van der Waals surface area contributed by atoms with Crippen LogP contribution in [0.25, 0.3) is 0 Å². The van der Waals surface area contributed by atoms with Crippen LogP contribution in [0.4, 0.5) is 0 Å².